The smallest absolute Gasteiger partial charge is 0.247 e. The van der Waals surface area contributed by atoms with E-state index in [1.165, 1.54) is 17.8 Å². The molecule has 1 aliphatic rings. The number of carbonyl (C=O) groups excluding carboxylic acids is 1. The number of nitrogens with zero attached hydrogens (tertiary/aromatic N) is 1. The van der Waals surface area contributed by atoms with Gasteiger partial charge in [0, 0.05) is 12.6 Å². The molecule has 0 unspecified atom stereocenters. The van der Waals surface area contributed by atoms with Crippen molar-refractivity contribution in [1.82, 2.24) is 9.62 Å². The zero-order valence-corrected chi connectivity index (χ0v) is 19.2. The summed E-state index contributed by atoms with van der Waals surface area (Å²) in [5.41, 5.74) is 1.83. The lowest BCUT2D eigenvalue weighted by atomic mass is 9.95. The molecule has 1 aliphatic carbocycles. The molecule has 168 valence electrons. The van der Waals surface area contributed by atoms with Crippen LogP contribution in [0.25, 0.3) is 0 Å². The molecule has 7 heteroatoms. The molecule has 0 aromatic heterocycles. The maximum atomic E-state index is 13.6. The molecule has 6 nitrogen and oxygen atoms in total. The minimum atomic E-state index is -3.92. The zero-order chi connectivity index (χ0) is 22.3. The summed E-state index contributed by atoms with van der Waals surface area (Å²) in [5.74, 6) is 0.0261. The van der Waals surface area contributed by atoms with E-state index in [1.807, 2.05) is 43.3 Å². The summed E-state index contributed by atoms with van der Waals surface area (Å²) >= 11 is 0. The van der Waals surface area contributed by atoms with Gasteiger partial charge in [-0.15, -0.1) is 0 Å². The fourth-order valence-electron chi connectivity index (χ4n) is 3.99. The number of hydrogen-bond donors (Lipinski definition) is 1. The summed E-state index contributed by atoms with van der Waals surface area (Å²) < 4.78 is 33.8. The number of hydrogen-bond acceptors (Lipinski definition) is 4. The predicted molar refractivity (Wildman–Crippen MR) is 122 cm³/mol. The Labute approximate surface area is 185 Å². The Morgan fingerprint density at radius 3 is 2.48 bits per heavy atom. The second-order valence-electron chi connectivity index (χ2n) is 8.13. The fourth-order valence-corrected chi connectivity index (χ4v) is 5.63. The Bertz CT molecular complexity index is 970. The van der Waals surface area contributed by atoms with Gasteiger partial charge in [-0.25, -0.2) is 8.42 Å². The molecule has 2 aromatic carbocycles. The summed E-state index contributed by atoms with van der Waals surface area (Å²) in [6.45, 7) is 1.84. The van der Waals surface area contributed by atoms with Crippen molar-refractivity contribution in [3.8, 4) is 5.75 Å². The fraction of sp³-hybridized carbons (Fsp3) is 0.458. The number of amides is 1. The molecule has 1 fully saturated rings. The van der Waals surface area contributed by atoms with E-state index in [0.29, 0.717) is 6.42 Å². The van der Waals surface area contributed by atoms with Gasteiger partial charge in [0.25, 0.3) is 0 Å². The van der Waals surface area contributed by atoms with Crippen LogP contribution in [0.4, 0.5) is 0 Å². The van der Waals surface area contributed by atoms with E-state index in [9.17, 15) is 13.2 Å². The van der Waals surface area contributed by atoms with Crippen molar-refractivity contribution in [2.75, 3.05) is 20.2 Å². The average Bonchev–Trinajstić information content (AvgIpc) is 2.78. The van der Waals surface area contributed by atoms with Crippen LogP contribution < -0.4 is 10.1 Å². The highest BCUT2D eigenvalue weighted by Crippen LogP contribution is 2.28. The molecule has 1 saturated carbocycles. The first-order valence-electron chi connectivity index (χ1n) is 10.9. The second-order valence-corrected chi connectivity index (χ2v) is 10.0. The lowest BCUT2D eigenvalue weighted by Crippen LogP contribution is -2.45. The Morgan fingerprint density at radius 1 is 1.10 bits per heavy atom. The van der Waals surface area contributed by atoms with Crippen LogP contribution in [0.1, 0.15) is 43.2 Å². The highest BCUT2D eigenvalue weighted by molar-refractivity contribution is 7.89. The molecule has 0 bridgehead atoms. The lowest BCUT2D eigenvalue weighted by Gasteiger charge is -2.26. The average molecular weight is 445 g/mol. The quantitative estimate of drug-likeness (QED) is 0.640. The molecule has 3 rings (SSSR count). The number of methoxy groups -OCH3 is 1. The molecule has 0 saturated heterocycles. The lowest BCUT2D eigenvalue weighted by molar-refractivity contribution is -0.122. The van der Waals surface area contributed by atoms with E-state index < -0.39 is 10.0 Å². The topological polar surface area (TPSA) is 75.7 Å². The monoisotopic (exact) mass is 444 g/mol. The van der Waals surface area contributed by atoms with Gasteiger partial charge in [0.05, 0.1) is 13.7 Å². The largest absolute Gasteiger partial charge is 0.495 e. The van der Waals surface area contributed by atoms with Crippen LogP contribution in [0.15, 0.2) is 53.4 Å². The summed E-state index contributed by atoms with van der Waals surface area (Å²) in [7, 11) is -2.47. The van der Waals surface area contributed by atoms with E-state index in [0.717, 1.165) is 36.8 Å². The van der Waals surface area contributed by atoms with Crippen molar-refractivity contribution < 1.29 is 17.9 Å². The normalized spacial score (nSPS) is 15.1. The van der Waals surface area contributed by atoms with Gasteiger partial charge < -0.3 is 10.1 Å². The molecular weight excluding hydrogens is 412 g/mol. The SMILES string of the molecule is COc1ccc(C)cc1S(=O)(=O)N(CCc1ccccc1)CC(=O)NC1CCCCC1. The number of carbonyl (C=O) groups is 1. The third-order valence-corrected chi connectivity index (χ3v) is 7.59. The van der Waals surface area contributed by atoms with E-state index in [4.69, 9.17) is 4.74 Å². The van der Waals surface area contributed by atoms with Crippen molar-refractivity contribution in [2.45, 2.75) is 56.4 Å². The van der Waals surface area contributed by atoms with Gasteiger partial charge in [-0.2, -0.15) is 4.31 Å². The van der Waals surface area contributed by atoms with E-state index >= 15 is 0 Å². The standard InChI is InChI=1S/C24H32N2O4S/c1-19-13-14-22(30-2)23(17-19)31(28,29)26(16-15-20-9-5-3-6-10-20)18-24(27)25-21-11-7-4-8-12-21/h3,5-6,9-10,13-14,17,21H,4,7-8,11-12,15-16,18H2,1-2H3,(H,25,27). The number of aryl methyl sites for hydroxylation is 1. The van der Waals surface area contributed by atoms with Crippen LogP contribution in [0.3, 0.4) is 0 Å². The highest BCUT2D eigenvalue weighted by atomic mass is 32.2. The van der Waals surface area contributed by atoms with Crippen LogP contribution in [0.5, 0.6) is 5.75 Å². The number of rotatable bonds is 9. The van der Waals surface area contributed by atoms with Crippen LogP contribution in [-0.4, -0.2) is 44.9 Å². The summed E-state index contributed by atoms with van der Waals surface area (Å²) in [6, 6.07) is 14.9. The molecule has 0 radical (unpaired) electrons. The van der Waals surface area contributed by atoms with E-state index in [2.05, 4.69) is 5.32 Å². The van der Waals surface area contributed by atoms with Crippen LogP contribution in [-0.2, 0) is 21.2 Å². The van der Waals surface area contributed by atoms with Gasteiger partial charge in [-0.1, -0.05) is 55.7 Å². The Balaban J connectivity index is 1.83. The zero-order valence-electron chi connectivity index (χ0n) is 18.3. The van der Waals surface area contributed by atoms with E-state index in [1.54, 1.807) is 12.1 Å². The summed E-state index contributed by atoms with van der Waals surface area (Å²) in [6.07, 6.45) is 5.81. The highest BCUT2D eigenvalue weighted by Gasteiger charge is 2.30. The first-order valence-corrected chi connectivity index (χ1v) is 12.3. The Kier molecular flexibility index (Phi) is 8.09. The number of nitrogens with one attached hydrogen (secondary N) is 1. The van der Waals surface area contributed by atoms with Crippen LogP contribution in [0, 0.1) is 6.92 Å². The molecule has 2 aromatic rings. The van der Waals surface area contributed by atoms with Gasteiger partial charge in [0.2, 0.25) is 15.9 Å². The Morgan fingerprint density at radius 2 is 1.81 bits per heavy atom. The van der Waals surface area contributed by atoms with E-state index in [-0.39, 0.29) is 35.7 Å². The number of ether oxygens (including phenoxy) is 1. The summed E-state index contributed by atoms with van der Waals surface area (Å²) in [4.78, 5) is 12.9. The second kappa shape index (κ2) is 10.8. The molecule has 1 amide bonds. The van der Waals surface area contributed by atoms with Crippen molar-refractivity contribution in [1.29, 1.82) is 0 Å². The van der Waals surface area contributed by atoms with Gasteiger partial charge in [0.15, 0.2) is 0 Å². The van der Waals surface area contributed by atoms with Gasteiger partial charge in [-0.05, 0) is 49.4 Å². The Hall–Kier alpha value is -2.38. The maximum absolute atomic E-state index is 13.6. The molecule has 0 heterocycles. The molecule has 0 aliphatic heterocycles. The minimum Gasteiger partial charge on any atom is -0.495 e. The molecular formula is C24H32N2O4S. The molecule has 1 N–H and O–H groups in total. The minimum absolute atomic E-state index is 0.0912. The third kappa shape index (κ3) is 6.31. The third-order valence-electron chi connectivity index (χ3n) is 5.72. The number of sulfonamides is 1. The van der Waals surface area contributed by atoms with Crippen molar-refractivity contribution >= 4 is 15.9 Å². The van der Waals surface area contributed by atoms with Crippen LogP contribution >= 0.6 is 0 Å². The number of benzene rings is 2. The predicted octanol–water partition coefficient (Wildman–Crippen LogP) is 3.69. The first kappa shape index (κ1) is 23.3. The maximum Gasteiger partial charge on any atom is 0.247 e. The van der Waals surface area contributed by atoms with Gasteiger partial charge >= 0.3 is 0 Å². The first-order chi connectivity index (χ1) is 14.9. The van der Waals surface area contributed by atoms with Crippen molar-refractivity contribution in [2.24, 2.45) is 0 Å². The summed E-state index contributed by atoms with van der Waals surface area (Å²) in [5, 5.41) is 3.03. The molecule has 0 spiro atoms. The molecule has 0 atom stereocenters. The van der Waals surface area contributed by atoms with Crippen LogP contribution in [0.2, 0.25) is 0 Å². The van der Waals surface area contributed by atoms with Gasteiger partial charge in [0.1, 0.15) is 10.6 Å². The van der Waals surface area contributed by atoms with Crippen molar-refractivity contribution in [3.05, 3.63) is 59.7 Å². The van der Waals surface area contributed by atoms with Crippen molar-refractivity contribution in [3.63, 3.8) is 0 Å². The molecule has 31 heavy (non-hydrogen) atoms. The van der Waals surface area contributed by atoms with Gasteiger partial charge in [-0.3, -0.25) is 4.79 Å².